The molecular weight excluding hydrogens is 225 g/mol. The zero-order valence-electron chi connectivity index (χ0n) is 10.9. The van der Waals surface area contributed by atoms with Crippen molar-refractivity contribution in [2.75, 3.05) is 13.1 Å². The summed E-state index contributed by atoms with van der Waals surface area (Å²) in [5.74, 6) is 0.690. The minimum absolute atomic E-state index is 0.0991. The summed E-state index contributed by atoms with van der Waals surface area (Å²) in [6, 6.07) is 7.06. The van der Waals surface area contributed by atoms with Crippen molar-refractivity contribution in [3.8, 4) is 0 Å². The predicted octanol–water partition coefficient (Wildman–Crippen LogP) is 4.00. The second-order valence-corrected chi connectivity index (χ2v) is 5.22. The van der Waals surface area contributed by atoms with Crippen LogP contribution in [0.15, 0.2) is 36.9 Å². The van der Waals surface area contributed by atoms with Gasteiger partial charge in [-0.25, -0.2) is 4.39 Å². The number of benzene rings is 1. The second-order valence-electron chi connectivity index (χ2n) is 5.22. The van der Waals surface area contributed by atoms with Gasteiger partial charge in [-0.05, 0) is 24.8 Å². The van der Waals surface area contributed by atoms with Crippen molar-refractivity contribution >= 4 is 0 Å². The standard InChI is InChI=1S/C16H22FN/c1-2-11-18(12-14-7-3-4-8-14)13-15-9-5-6-10-16(15)17/h2,5-6,9-10,14H,1,3-4,7-8,11-13H2. The van der Waals surface area contributed by atoms with Gasteiger partial charge in [-0.2, -0.15) is 0 Å². The van der Waals surface area contributed by atoms with Gasteiger partial charge in [0.05, 0.1) is 0 Å². The molecule has 0 spiro atoms. The zero-order chi connectivity index (χ0) is 12.8. The number of hydrogen-bond acceptors (Lipinski definition) is 1. The third kappa shape index (κ3) is 3.67. The van der Waals surface area contributed by atoms with Crippen molar-refractivity contribution in [2.24, 2.45) is 5.92 Å². The fourth-order valence-corrected chi connectivity index (χ4v) is 2.81. The molecule has 0 atom stereocenters. The molecule has 0 saturated heterocycles. The van der Waals surface area contributed by atoms with E-state index >= 15 is 0 Å². The molecule has 2 rings (SSSR count). The molecule has 0 aliphatic heterocycles. The van der Waals surface area contributed by atoms with Crippen LogP contribution in [0.2, 0.25) is 0 Å². The van der Waals surface area contributed by atoms with Crippen LogP contribution in [0.5, 0.6) is 0 Å². The first-order valence-corrected chi connectivity index (χ1v) is 6.86. The van der Waals surface area contributed by atoms with E-state index in [1.54, 1.807) is 6.07 Å². The molecule has 0 amide bonds. The number of nitrogens with zero attached hydrogens (tertiary/aromatic N) is 1. The van der Waals surface area contributed by atoms with E-state index in [1.807, 2.05) is 18.2 Å². The fourth-order valence-electron chi connectivity index (χ4n) is 2.81. The van der Waals surface area contributed by atoms with Gasteiger partial charge < -0.3 is 0 Å². The second kappa shape index (κ2) is 6.69. The van der Waals surface area contributed by atoms with E-state index in [0.717, 1.165) is 24.6 Å². The Balaban J connectivity index is 1.96. The van der Waals surface area contributed by atoms with Crippen molar-refractivity contribution in [3.05, 3.63) is 48.3 Å². The van der Waals surface area contributed by atoms with Gasteiger partial charge in [-0.1, -0.05) is 37.1 Å². The average Bonchev–Trinajstić information content (AvgIpc) is 2.85. The van der Waals surface area contributed by atoms with E-state index in [4.69, 9.17) is 0 Å². The molecule has 0 N–H and O–H groups in total. The zero-order valence-corrected chi connectivity index (χ0v) is 10.9. The van der Waals surface area contributed by atoms with Crippen LogP contribution < -0.4 is 0 Å². The first-order chi connectivity index (χ1) is 8.79. The Hall–Kier alpha value is -1.15. The Morgan fingerprint density at radius 1 is 1.28 bits per heavy atom. The smallest absolute Gasteiger partial charge is 0.127 e. The van der Waals surface area contributed by atoms with Crippen LogP contribution in [0.4, 0.5) is 4.39 Å². The van der Waals surface area contributed by atoms with E-state index in [1.165, 1.54) is 31.7 Å². The minimum Gasteiger partial charge on any atom is -0.295 e. The molecule has 18 heavy (non-hydrogen) atoms. The first-order valence-electron chi connectivity index (χ1n) is 6.86. The lowest BCUT2D eigenvalue weighted by molar-refractivity contribution is 0.243. The third-order valence-corrected chi connectivity index (χ3v) is 3.73. The average molecular weight is 247 g/mol. The number of hydrogen-bond donors (Lipinski definition) is 0. The lowest BCUT2D eigenvalue weighted by atomic mass is 10.1. The van der Waals surface area contributed by atoms with E-state index in [-0.39, 0.29) is 5.82 Å². The van der Waals surface area contributed by atoms with Crippen LogP contribution >= 0.6 is 0 Å². The molecule has 0 bridgehead atoms. The molecular formula is C16H22FN. The van der Waals surface area contributed by atoms with Crippen LogP contribution in [0.25, 0.3) is 0 Å². The molecule has 1 aliphatic carbocycles. The Kier molecular flexibility index (Phi) is 4.94. The SMILES string of the molecule is C=CCN(Cc1ccccc1F)CC1CCCC1. The summed E-state index contributed by atoms with van der Waals surface area (Å²) >= 11 is 0. The van der Waals surface area contributed by atoms with E-state index < -0.39 is 0 Å². The fraction of sp³-hybridized carbons (Fsp3) is 0.500. The van der Waals surface area contributed by atoms with Gasteiger partial charge >= 0.3 is 0 Å². The summed E-state index contributed by atoms with van der Waals surface area (Å²) in [7, 11) is 0. The Morgan fingerprint density at radius 2 is 2.00 bits per heavy atom. The molecule has 1 aromatic rings. The summed E-state index contributed by atoms with van der Waals surface area (Å²) in [5.41, 5.74) is 0.789. The lowest BCUT2D eigenvalue weighted by Gasteiger charge is -2.24. The van der Waals surface area contributed by atoms with Crippen molar-refractivity contribution in [2.45, 2.75) is 32.2 Å². The maximum Gasteiger partial charge on any atom is 0.127 e. The largest absolute Gasteiger partial charge is 0.295 e. The van der Waals surface area contributed by atoms with Gasteiger partial charge in [-0.3, -0.25) is 4.90 Å². The highest BCUT2D eigenvalue weighted by molar-refractivity contribution is 5.17. The maximum absolute atomic E-state index is 13.7. The van der Waals surface area contributed by atoms with Gasteiger partial charge in [0.1, 0.15) is 5.82 Å². The van der Waals surface area contributed by atoms with Crippen molar-refractivity contribution in [1.82, 2.24) is 4.90 Å². The van der Waals surface area contributed by atoms with Crippen LogP contribution in [0, 0.1) is 11.7 Å². The summed E-state index contributed by atoms with van der Waals surface area (Å²) < 4.78 is 13.7. The van der Waals surface area contributed by atoms with Gasteiger partial charge in [0, 0.05) is 25.2 Å². The number of rotatable bonds is 6. The molecule has 1 aromatic carbocycles. The lowest BCUT2D eigenvalue weighted by Crippen LogP contribution is -2.28. The normalized spacial score (nSPS) is 16.3. The van der Waals surface area contributed by atoms with E-state index in [0.29, 0.717) is 6.54 Å². The molecule has 1 nitrogen and oxygen atoms in total. The Morgan fingerprint density at radius 3 is 2.67 bits per heavy atom. The van der Waals surface area contributed by atoms with Crippen LogP contribution in [0.1, 0.15) is 31.2 Å². The minimum atomic E-state index is -0.0991. The van der Waals surface area contributed by atoms with Crippen molar-refractivity contribution < 1.29 is 4.39 Å². The predicted molar refractivity (Wildman–Crippen MR) is 73.8 cm³/mol. The van der Waals surface area contributed by atoms with Crippen LogP contribution in [-0.4, -0.2) is 18.0 Å². The number of halogens is 1. The highest BCUT2D eigenvalue weighted by atomic mass is 19.1. The van der Waals surface area contributed by atoms with Crippen LogP contribution in [-0.2, 0) is 6.54 Å². The molecule has 1 aliphatic rings. The summed E-state index contributed by atoms with van der Waals surface area (Å²) in [6.07, 6.45) is 7.27. The molecule has 1 fully saturated rings. The van der Waals surface area contributed by atoms with Gasteiger partial charge in [0.2, 0.25) is 0 Å². The van der Waals surface area contributed by atoms with Crippen molar-refractivity contribution in [3.63, 3.8) is 0 Å². The summed E-state index contributed by atoms with van der Waals surface area (Å²) in [6.45, 7) is 6.40. The molecule has 0 heterocycles. The summed E-state index contributed by atoms with van der Waals surface area (Å²) in [4.78, 5) is 2.31. The molecule has 1 saturated carbocycles. The van der Waals surface area contributed by atoms with E-state index in [2.05, 4.69) is 11.5 Å². The molecule has 98 valence electrons. The monoisotopic (exact) mass is 247 g/mol. The molecule has 0 radical (unpaired) electrons. The highest BCUT2D eigenvalue weighted by Crippen LogP contribution is 2.26. The van der Waals surface area contributed by atoms with Gasteiger partial charge in [-0.15, -0.1) is 6.58 Å². The van der Waals surface area contributed by atoms with Gasteiger partial charge in [0.15, 0.2) is 0 Å². The summed E-state index contributed by atoms with van der Waals surface area (Å²) in [5, 5.41) is 0. The Bertz CT molecular complexity index is 382. The third-order valence-electron chi connectivity index (χ3n) is 3.73. The molecule has 0 aromatic heterocycles. The van der Waals surface area contributed by atoms with Gasteiger partial charge in [0.25, 0.3) is 0 Å². The first kappa shape index (κ1) is 13.3. The highest BCUT2D eigenvalue weighted by Gasteiger charge is 2.18. The molecule has 0 unspecified atom stereocenters. The van der Waals surface area contributed by atoms with E-state index in [9.17, 15) is 4.39 Å². The Labute approximate surface area is 109 Å². The van der Waals surface area contributed by atoms with Crippen LogP contribution in [0.3, 0.4) is 0 Å². The topological polar surface area (TPSA) is 3.24 Å². The molecule has 2 heteroatoms. The quantitative estimate of drug-likeness (QED) is 0.687. The van der Waals surface area contributed by atoms with Crippen molar-refractivity contribution in [1.29, 1.82) is 0 Å². The maximum atomic E-state index is 13.7.